The highest BCUT2D eigenvalue weighted by atomic mass is 79.9. The van der Waals surface area contributed by atoms with Crippen LogP contribution >= 0.6 is 31.9 Å². The normalized spacial score (nSPS) is 11.0. The molecule has 5 nitrogen and oxygen atoms in total. The van der Waals surface area contributed by atoms with E-state index in [0.717, 1.165) is 20.0 Å². The van der Waals surface area contributed by atoms with Crippen molar-refractivity contribution in [1.29, 1.82) is 0 Å². The topological polar surface area (TPSA) is 56.0 Å². The van der Waals surface area contributed by atoms with Gasteiger partial charge in [0.1, 0.15) is 6.54 Å². The van der Waals surface area contributed by atoms with Gasteiger partial charge in [-0.3, -0.25) is 13.9 Å². The number of rotatable bonds is 4. The lowest BCUT2D eigenvalue weighted by Crippen LogP contribution is -2.29. The number of carbonyl (C=O) groups is 1. The maximum Gasteiger partial charge on any atom is 0.329 e. The maximum atomic E-state index is 12.6. The van der Waals surface area contributed by atoms with E-state index in [4.69, 9.17) is 0 Å². The van der Waals surface area contributed by atoms with Crippen LogP contribution in [-0.2, 0) is 17.9 Å². The van der Waals surface area contributed by atoms with E-state index in [2.05, 4.69) is 37.2 Å². The Morgan fingerprint density at radius 2 is 1.75 bits per heavy atom. The molecule has 0 fully saturated rings. The number of nitrogens with zero attached hydrogens (tertiary/aromatic N) is 2. The molecule has 7 heteroatoms. The number of amides is 1. The van der Waals surface area contributed by atoms with Crippen molar-refractivity contribution < 1.29 is 4.79 Å². The van der Waals surface area contributed by atoms with Crippen LogP contribution in [0.15, 0.2) is 56.2 Å². The van der Waals surface area contributed by atoms with Crippen molar-refractivity contribution in [2.45, 2.75) is 20.0 Å². The van der Waals surface area contributed by atoms with E-state index in [0.29, 0.717) is 12.2 Å². The molecule has 1 heterocycles. The monoisotopic (exact) mass is 451 g/mol. The summed E-state index contributed by atoms with van der Waals surface area (Å²) >= 11 is 6.78. The highest BCUT2D eigenvalue weighted by molar-refractivity contribution is 9.11. The number of anilines is 1. The fraction of sp³-hybridized carbons (Fsp3) is 0.176. The second-order valence-corrected chi connectivity index (χ2v) is 7.04. The van der Waals surface area contributed by atoms with Crippen LogP contribution in [0.25, 0.3) is 11.0 Å². The van der Waals surface area contributed by atoms with Crippen LogP contribution in [0.5, 0.6) is 0 Å². The van der Waals surface area contributed by atoms with Crippen LogP contribution in [0.1, 0.15) is 6.92 Å². The van der Waals surface area contributed by atoms with Gasteiger partial charge in [0.25, 0.3) is 0 Å². The Bertz CT molecular complexity index is 976. The number of halogens is 2. The third-order valence-electron chi connectivity index (χ3n) is 3.75. The van der Waals surface area contributed by atoms with Crippen molar-refractivity contribution in [3.8, 4) is 0 Å². The van der Waals surface area contributed by atoms with E-state index in [-0.39, 0.29) is 18.1 Å². The molecular formula is C17H15Br2N3O2. The molecule has 3 aromatic rings. The molecule has 0 atom stereocenters. The molecule has 124 valence electrons. The number of carbonyl (C=O) groups excluding carboxylic acids is 1. The second kappa shape index (κ2) is 6.94. The number of benzene rings is 2. The molecule has 0 aliphatic heterocycles. The molecule has 2 aromatic carbocycles. The lowest BCUT2D eigenvalue weighted by molar-refractivity contribution is -0.116. The molecule has 0 radical (unpaired) electrons. The van der Waals surface area contributed by atoms with Gasteiger partial charge in [-0.05, 0) is 53.2 Å². The van der Waals surface area contributed by atoms with E-state index >= 15 is 0 Å². The number of hydrogen-bond acceptors (Lipinski definition) is 2. The zero-order valence-corrected chi connectivity index (χ0v) is 16.1. The summed E-state index contributed by atoms with van der Waals surface area (Å²) < 4.78 is 4.81. The van der Waals surface area contributed by atoms with Crippen LogP contribution in [0.4, 0.5) is 5.69 Å². The minimum absolute atomic E-state index is 0.0364. The van der Waals surface area contributed by atoms with Gasteiger partial charge in [0.05, 0.1) is 16.7 Å². The zero-order valence-electron chi connectivity index (χ0n) is 12.9. The minimum atomic E-state index is -0.255. The fourth-order valence-electron chi connectivity index (χ4n) is 2.66. The smallest absolute Gasteiger partial charge is 0.323 e. The van der Waals surface area contributed by atoms with Gasteiger partial charge < -0.3 is 5.32 Å². The molecule has 0 aliphatic rings. The highest BCUT2D eigenvalue weighted by Gasteiger charge is 2.15. The van der Waals surface area contributed by atoms with Gasteiger partial charge in [-0.25, -0.2) is 4.79 Å². The van der Waals surface area contributed by atoms with E-state index in [1.807, 2.05) is 43.3 Å². The van der Waals surface area contributed by atoms with Crippen molar-refractivity contribution in [2.75, 3.05) is 5.32 Å². The maximum absolute atomic E-state index is 12.6. The van der Waals surface area contributed by atoms with Gasteiger partial charge in [-0.15, -0.1) is 0 Å². The molecule has 0 aliphatic carbocycles. The van der Waals surface area contributed by atoms with Crippen molar-refractivity contribution in [3.05, 3.63) is 61.9 Å². The molecule has 0 saturated heterocycles. The Balaban J connectivity index is 1.93. The predicted molar refractivity (Wildman–Crippen MR) is 102 cm³/mol. The number of aryl methyl sites for hydroxylation is 1. The summed E-state index contributed by atoms with van der Waals surface area (Å²) in [5.41, 5.74) is 2.07. The van der Waals surface area contributed by atoms with Crippen molar-refractivity contribution in [2.24, 2.45) is 0 Å². The van der Waals surface area contributed by atoms with Crippen molar-refractivity contribution in [1.82, 2.24) is 9.13 Å². The summed E-state index contributed by atoms with van der Waals surface area (Å²) in [5.74, 6) is -0.255. The number of nitrogens with one attached hydrogen (secondary N) is 1. The summed E-state index contributed by atoms with van der Waals surface area (Å²) in [5, 5.41) is 2.83. The summed E-state index contributed by atoms with van der Waals surface area (Å²) in [7, 11) is 0. The van der Waals surface area contributed by atoms with Gasteiger partial charge in [-0.1, -0.05) is 28.1 Å². The number of fused-ring (bicyclic) bond motifs is 1. The summed E-state index contributed by atoms with van der Waals surface area (Å²) in [6.07, 6.45) is 0. The molecular weight excluding hydrogens is 438 g/mol. The van der Waals surface area contributed by atoms with Gasteiger partial charge in [0, 0.05) is 15.5 Å². The first-order chi connectivity index (χ1) is 11.5. The van der Waals surface area contributed by atoms with Crippen LogP contribution in [0.3, 0.4) is 0 Å². The average Bonchev–Trinajstić information content (AvgIpc) is 2.83. The van der Waals surface area contributed by atoms with Gasteiger partial charge in [0.2, 0.25) is 5.91 Å². The number of hydrogen-bond donors (Lipinski definition) is 1. The number of para-hydroxylation sites is 2. The average molecular weight is 453 g/mol. The lowest BCUT2D eigenvalue weighted by Gasteiger charge is -2.08. The Kier molecular flexibility index (Phi) is 4.91. The van der Waals surface area contributed by atoms with Gasteiger partial charge in [-0.2, -0.15) is 0 Å². The lowest BCUT2D eigenvalue weighted by atomic mass is 10.3. The Labute approximate surface area is 155 Å². The van der Waals surface area contributed by atoms with E-state index in [1.54, 1.807) is 10.6 Å². The van der Waals surface area contributed by atoms with Crippen LogP contribution in [0.2, 0.25) is 0 Å². The standard InChI is InChI=1S/C17H15Br2N3O2/c1-2-21-14-5-3-4-6-15(14)22(17(21)24)10-16(23)20-13-9-11(18)7-8-12(13)19/h3-9H,2,10H2,1H3,(H,20,23). The third-order valence-corrected chi connectivity index (χ3v) is 4.93. The molecule has 1 aromatic heterocycles. The quantitative estimate of drug-likeness (QED) is 0.650. The molecule has 0 unspecified atom stereocenters. The molecule has 0 saturated carbocycles. The third kappa shape index (κ3) is 3.18. The molecule has 1 amide bonds. The first kappa shape index (κ1) is 17.0. The second-order valence-electron chi connectivity index (χ2n) is 5.27. The van der Waals surface area contributed by atoms with E-state index in [1.165, 1.54) is 4.57 Å². The van der Waals surface area contributed by atoms with E-state index in [9.17, 15) is 9.59 Å². The van der Waals surface area contributed by atoms with Crippen LogP contribution in [-0.4, -0.2) is 15.0 Å². The largest absolute Gasteiger partial charge is 0.329 e. The molecule has 3 rings (SSSR count). The Morgan fingerprint density at radius 1 is 1.08 bits per heavy atom. The molecule has 24 heavy (non-hydrogen) atoms. The number of aromatic nitrogens is 2. The minimum Gasteiger partial charge on any atom is -0.323 e. The first-order valence-electron chi connectivity index (χ1n) is 7.44. The summed E-state index contributed by atoms with van der Waals surface area (Å²) in [6.45, 7) is 2.44. The predicted octanol–water partition coefficient (Wildman–Crippen LogP) is 3.99. The summed E-state index contributed by atoms with van der Waals surface area (Å²) in [4.78, 5) is 25.0. The first-order valence-corrected chi connectivity index (χ1v) is 9.03. The molecule has 0 spiro atoms. The fourth-order valence-corrected chi connectivity index (χ4v) is 3.36. The van der Waals surface area contributed by atoms with Gasteiger partial charge in [0.15, 0.2) is 0 Å². The highest BCUT2D eigenvalue weighted by Crippen LogP contribution is 2.26. The molecule has 0 bridgehead atoms. The SMILES string of the molecule is CCn1c(=O)n(CC(=O)Nc2cc(Br)ccc2Br)c2ccccc21. The van der Waals surface area contributed by atoms with Crippen LogP contribution < -0.4 is 11.0 Å². The Morgan fingerprint density at radius 3 is 2.42 bits per heavy atom. The van der Waals surface area contributed by atoms with Gasteiger partial charge >= 0.3 is 5.69 Å². The summed E-state index contributed by atoms with van der Waals surface area (Å²) in [6, 6.07) is 13.0. The van der Waals surface area contributed by atoms with E-state index < -0.39 is 0 Å². The zero-order chi connectivity index (χ0) is 17.3. The molecule has 1 N–H and O–H groups in total. The Hall–Kier alpha value is -1.86. The van der Waals surface area contributed by atoms with Crippen LogP contribution in [0, 0.1) is 0 Å². The van der Waals surface area contributed by atoms with Crippen molar-refractivity contribution >= 4 is 54.5 Å². The number of imidazole rings is 1. The van der Waals surface area contributed by atoms with Crippen molar-refractivity contribution in [3.63, 3.8) is 0 Å².